The number of hydrogen-bond donors (Lipinski definition) is 1. The van der Waals surface area contributed by atoms with E-state index in [1.807, 2.05) is 0 Å². The highest BCUT2D eigenvalue weighted by Crippen LogP contribution is 2.22. The summed E-state index contributed by atoms with van der Waals surface area (Å²) in [5.41, 5.74) is 3.66. The molecule has 0 saturated heterocycles. The molecule has 0 atom stereocenters. The van der Waals surface area contributed by atoms with Gasteiger partial charge in [0.05, 0.1) is 10.7 Å². The predicted molar refractivity (Wildman–Crippen MR) is 74.5 cm³/mol. The molecule has 16 heavy (non-hydrogen) atoms. The molecular weight excluding hydrogens is 234 g/mol. The van der Waals surface area contributed by atoms with Crippen molar-refractivity contribution in [3.05, 3.63) is 40.2 Å². The van der Waals surface area contributed by atoms with Crippen LogP contribution in [0.2, 0.25) is 0 Å². The fourth-order valence-corrected chi connectivity index (χ4v) is 2.74. The number of thiol groups is 1. The molecular formula is C13H15NS2. The average Bonchev–Trinajstić information content (AvgIpc) is 2.78. The van der Waals surface area contributed by atoms with Gasteiger partial charge < -0.3 is 0 Å². The van der Waals surface area contributed by atoms with Crippen LogP contribution in [-0.4, -0.2) is 10.7 Å². The summed E-state index contributed by atoms with van der Waals surface area (Å²) in [4.78, 5) is 4.60. The van der Waals surface area contributed by atoms with Crippen molar-refractivity contribution in [1.29, 1.82) is 0 Å². The first-order valence-corrected chi connectivity index (χ1v) is 6.99. The van der Waals surface area contributed by atoms with Crippen LogP contribution in [0, 0.1) is 0 Å². The van der Waals surface area contributed by atoms with Gasteiger partial charge in [-0.3, -0.25) is 0 Å². The van der Waals surface area contributed by atoms with Crippen molar-refractivity contribution in [2.24, 2.45) is 0 Å². The Balaban J connectivity index is 2.21. The van der Waals surface area contributed by atoms with E-state index in [9.17, 15) is 0 Å². The Hall–Kier alpha value is -0.800. The summed E-state index contributed by atoms with van der Waals surface area (Å²) in [6.45, 7) is 2.17. The summed E-state index contributed by atoms with van der Waals surface area (Å²) < 4.78 is 0. The highest BCUT2D eigenvalue weighted by atomic mass is 32.1. The van der Waals surface area contributed by atoms with E-state index in [1.165, 1.54) is 16.1 Å². The van der Waals surface area contributed by atoms with Crippen molar-refractivity contribution in [2.45, 2.75) is 19.8 Å². The number of thiazole rings is 1. The molecule has 0 aliphatic carbocycles. The lowest BCUT2D eigenvalue weighted by atomic mass is 10.1. The zero-order chi connectivity index (χ0) is 11.4. The minimum Gasteiger partial charge on any atom is -0.241 e. The molecule has 2 aromatic rings. The van der Waals surface area contributed by atoms with Gasteiger partial charge in [0.2, 0.25) is 0 Å². The Bertz CT molecular complexity index is 445. The molecule has 84 valence electrons. The van der Waals surface area contributed by atoms with Gasteiger partial charge >= 0.3 is 0 Å². The second-order valence-corrected chi connectivity index (χ2v) is 5.04. The molecule has 0 unspecified atom stereocenters. The Morgan fingerprint density at radius 1 is 1.25 bits per heavy atom. The maximum Gasteiger partial charge on any atom is 0.0940 e. The number of rotatable bonds is 4. The minimum atomic E-state index is 0.863. The number of nitrogens with zero attached hydrogens (tertiary/aromatic N) is 1. The van der Waals surface area contributed by atoms with E-state index in [4.69, 9.17) is 0 Å². The largest absolute Gasteiger partial charge is 0.241 e. The van der Waals surface area contributed by atoms with Crippen molar-refractivity contribution in [1.82, 2.24) is 4.98 Å². The van der Waals surface area contributed by atoms with Crippen LogP contribution in [0.5, 0.6) is 0 Å². The van der Waals surface area contributed by atoms with Gasteiger partial charge in [-0.25, -0.2) is 4.98 Å². The van der Waals surface area contributed by atoms with Crippen molar-refractivity contribution >= 4 is 24.0 Å². The summed E-state index contributed by atoms with van der Waals surface area (Å²) in [7, 11) is 0. The van der Waals surface area contributed by atoms with Crippen LogP contribution in [-0.2, 0) is 12.8 Å². The van der Waals surface area contributed by atoms with E-state index in [0.717, 1.165) is 24.3 Å². The number of aromatic nitrogens is 1. The summed E-state index contributed by atoms with van der Waals surface area (Å²) in [6, 6.07) is 8.65. The van der Waals surface area contributed by atoms with E-state index in [1.54, 1.807) is 11.3 Å². The second kappa shape index (κ2) is 5.51. The lowest BCUT2D eigenvalue weighted by molar-refractivity contribution is 1.11. The van der Waals surface area contributed by atoms with E-state index in [2.05, 4.69) is 54.2 Å². The van der Waals surface area contributed by atoms with Crippen molar-refractivity contribution in [3.63, 3.8) is 0 Å². The Labute approximate surface area is 106 Å². The van der Waals surface area contributed by atoms with E-state index < -0.39 is 0 Å². The van der Waals surface area contributed by atoms with E-state index in [0.29, 0.717) is 0 Å². The minimum absolute atomic E-state index is 0.863. The third-order valence-corrected chi connectivity index (χ3v) is 3.67. The monoisotopic (exact) mass is 249 g/mol. The molecule has 0 N–H and O–H groups in total. The highest BCUT2D eigenvalue weighted by Gasteiger charge is 2.03. The first kappa shape index (κ1) is 11.7. The Morgan fingerprint density at radius 3 is 2.62 bits per heavy atom. The maximum atomic E-state index is 4.60. The van der Waals surface area contributed by atoms with E-state index >= 15 is 0 Å². The molecule has 0 aliphatic heterocycles. The molecule has 2 rings (SSSR count). The zero-order valence-corrected chi connectivity index (χ0v) is 11.0. The predicted octanol–water partition coefficient (Wildman–Crippen LogP) is 3.84. The van der Waals surface area contributed by atoms with Gasteiger partial charge in [-0.1, -0.05) is 31.2 Å². The van der Waals surface area contributed by atoms with Crippen LogP contribution in [0.15, 0.2) is 29.6 Å². The molecule has 1 aromatic carbocycles. The quantitative estimate of drug-likeness (QED) is 0.812. The van der Waals surface area contributed by atoms with Gasteiger partial charge in [-0.05, 0) is 17.7 Å². The molecule has 0 fully saturated rings. The summed E-state index contributed by atoms with van der Waals surface area (Å²) >= 11 is 5.94. The van der Waals surface area contributed by atoms with Gasteiger partial charge in [0.1, 0.15) is 0 Å². The fraction of sp³-hybridized carbons (Fsp3) is 0.308. The summed E-state index contributed by atoms with van der Waals surface area (Å²) in [5, 5.41) is 3.30. The van der Waals surface area contributed by atoms with Crippen LogP contribution in [0.4, 0.5) is 0 Å². The molecule has 1 heterocycles. The first-order chi connectivity index (χ1) is 7.83. The molecule has 0 saturated carbocycles. The number of benzene rings is 1. The molecule has 1 nitrogen and oxygen atoms in total. The van der Waals surface area contributed by atoms with Crippen LogP contribution in [0.1, 0.15) is 17.5 Å². The average molecular weight is 249 g/mol. The van der Waals surface area contributed by atoms with Gasteiger partial charge in [0, 0.05) is 17.4 Å². The van der Waals surface area contributed by atoms with Crippen molar-refractivity contribution in [2.75, 3.05) is 5.75 Å². The zero-order valence-electron chi connectivity index (χ0n) is 9.31. The summed E-state index contributed by atoms with van der Waals surface area (Å²) in [5.74, 6) is 0.863. The third-order valence-electron chi connectivity index (χ3n) is 2.54. The summed E-state index contributed by atoms with van der Waals surface area (Å²) in [6.07, 6.45) is 2.04. The second-order valence-electron chi connectivity index (χ2n) is 3.65. The number of aryl methyl sites for hydroxylation is 2. The topological polar surface area (TPSA) is 12.9 Å². The molecule has 0 aliphatic rings. The number of hydrogen-bond acceptors (Lipinski definition) is 3. The molecule has 0 amide bonds. The Morgan fingerprint density at radius 2 is 2.00 bits per heavy atom. The van der Waals surface area contributed by atoms with Crippen LogP contribution in [0.3, 0.4) is 0 Å². The fourth-order valence-electron chi connectivity index (χ4n) is 1.57. The molecule has 0 radical (unpaired) electrons. The van der Waals surface area contributed by atoms with Gasteiger partial charge in [0.15, 0.2) is 0 Å². The molecule has 3 heteroatoms. The first-order valence-electron chi connectivity index (χ1n) is 5.48. The van der Waals surface area contributed by atoms with Gasteiger partial charge in [-0.15, -0.1) is 11.3 Å². The van der Waals surface area contributed by atoms with Crippen LogP contribution >= 0.6 is 24.0 Å². The SMILES string of the molecule is CCc1ccc(-c2csc(CCS)n2)cc1. The lowest BCUT2D eigenvalue weighted by Gasteiger charge is -1.99. The maximum absolute atomic E-state index is 4.60. The van der Waals surface area contributed by atoms with Crippen molar-refractivity contribution < 1.29 is 0 Å². The molecule has 1 aromatic heterocycles. The lowest BCUT2D eigenvalue weighted by Crippen LogP contribution is -1.85. The van der Waals surface area contributed by atoms with Crippen molar-refractivity contribution in [3.8, 4) is 11.3 Å². The normalized spacial score (nSPS) is 10.6. The van der Waals surface area contributed by atoms with E-state index in [-0.39, 0.29) is 0 Å². The standard InChI is InChI=1S/C13H15NS2/c1-2-10-3-5-11(6-4-10)12-9-16-13(14-12)7-8-15/h3-6,9,15H,2,7-8H2,1H3. The van der Waals surface area contributed by atoms with Crippen LogP contribution in [0.25, 0.3) is 11.3 Å². The smallest absolute Gasteiger partial charge is 0.0940 e. The molecule has 0 bridgehead atoms. The third kappa shape index (κ3) is 2.66. The Kier molecular flexibility index (Phi) is 4.02. The van der Waals surface area contributed by atoms with Gasteiger partial charge in [0.25, 0.3) is 0 Å². The highest BCUT2D eigenvalue weighted by molar-refractivity contribution is 7.80. The van der Waals surface area contributed by atoms with Crippen LogP contribution < -0.4 is 0 Å². The molecule has 0 spiro atoms. The van der Waals surface area contributed by atoms with Gasteiger partial charge in [-0.2, -0.15) is 12.6 Å².